The Labute approximate surface area is 126 Å². The molecule has 0 amide bonds. The molecule has 0 spiro atoms. The number of nitrogens with one attached hydrogen (secondary N) is 1. The predicted octanol–water partition coefficient (Wildman–Crippen LogP) is 1.30. The van der Waals surface area contributed by atoms with Gasteiger partial charge in [-0.1, -0.05) is 6.07 Å². The van der Waals surface area contributed by atoms with Gasteiger partial charge in [-0.25, -0.2) is 13.1 Å². The third-order valence-corrected chi connectivity index (χ3v) is 4.46. The van der Waals surface area contributed by atoms with Gasteiger partial charge >= 0.3 is 0 Å². The number of unbranched alkanes of at least 4 members (excludes halogenated alkanes) is 1. The van der Waals surface area contributed by atoms with Crippen LogP contribution in [-0.2, 0) is 19.5 Å². The minimum Gasteiger partial charge on any atom is -0.398 e. The minimum absolute atomic E-state index is 0.196. The number of anilines is 1. The average molecular weight is 316 g/mol. The van der Waals surface area contributed by atoms with Crippen LogP contribution in [0.5, 0.6) is 0 Å². The number of ether oxygens (including phenoxy) is 2. The van der Waals surface area contributed by atoms with E-state index in [1.165, 1.54) is 6.07 Å². The van der Waals surface area contributed by atoms with Gasteiger partial charge in [0.1, 0.15) is 0 Å². The maximum absolute atomic E-state index is 12.1. The summed E-state index contributed by atoms with van der Waals surface area (Å²) < 4.78 is 36.8. The van der Waals surface area contributed by atoms with Crippen LogP contribution in [0.3, 0.4) is 0 Å². The highest BCUT2D eigenvalue weighted by Crippen LogP contribution is 2.16. The van der Waals surface area contributed by atoms with E-state index in [0.29, 0.717) is 38.5 Å². The van der Waals surface area contributed by atoms with Crippen LogP contribution in [0.2, 0.25) is 0 Å². The van der Waals surface area contributed by atoms with Gasteiger partial charge in [-0.3, -0.25) is 0 Å². The van der Waals surface area contributed by atoms with E-state index in [0.717, 1.165) is 12.0 Å². The Morgan fingerprint density at radius 3 is 2.62 bits per heavy atom. The summed E-state index contributed by atoms with van der Waals surface area (Å²) in [5, 5.41) is 0. The monoisotopic (exact) mass is 316 g/mol. The molecule has 1 aromatic carbocycles. The van der Waals surface area contributed by atoms with Gasteiger partial charge < -0.3 is 15.2 Å². The Morgan fingerprint density at radius 2 is 1.95 bits per heavy atom. The molecule has 0 bridgehead atoms. The van der Waals surface area contributed by atoms with Gasteiger partial charge in [0, 0.05) is 25.9 Å². The number of sulfonamides is 1. The van der Waals surface area contributed by atoms with Crippen LogP contribution in [0.15, 0.2) is 23.1 Å². The number of nitrogens with two attached hydrogens (primary N) is 1. The minimum atomic E-state index is -3.49. The molecule has 1 rings (SSSR count). The molecular weight excluding hydrogens is 292 g/mol. The second-order valence-electron chi connectivity index (χ2n) is 4.73. The summed E-state index contributed by atoms with van der Waals surface area (Å²) >= 11 is 0. The molecule has 120 valence electrons. The van der Waals surface area contributed by atoms with E-state index in [1.807, 2.05) is 6.92 Å². The third kappa shape index (κ3) is 6.43. The Bertz CT molecular complexity index is 532. The lowest BCUT2D eigenvalue weighted by molar-refractivity contribution is 0.0689. The molecular formula is C14H24N2O4S. The zero-order valence-electron chi connectivity index (χ0n) is 12.6. The number of methoxy groups -OCH3 is 1. The lowest BCUT2D eigenvalue weighted by Crippen LogP contribution is -2.25. The molecule has 0 fully saturated rings. The van der Waals surface area contributed by atoms with Crippen molar-refractivity contribution in [3.8, 4) is 0 Å². The molecule has 0 aliphatic heterocycles. The highest BCUT2D eigenvalue weighted by Gasteiger charge is 2.13. The van der Waals surface area contributed by atoms with Crippen molar-refractivity contribution in [1.29, 1.82) is 0 Å². The van der Waals surface area contributed by atoms with E-state index in [4.69, 9.17) is 15.2 Å². The zero-order chi connectivity index (χ0) is 15.7. The summed E-state index contributed by atoms with van der Waals surface area (Å²) in [4.78, 5) is 0.196. The third-order valence-electron chi connectivity index (χ3n) is 3.00. The van der Waals surface area contributed by atoms with Crippen LogP contribution in [0.4, 0.5) is 5.69 Å². The van der Waals surface area contributed by atoms with Gasteiger partial charge in [-0.05, 0) is 37.5 Å². The first-order valence-corrected chi connectivity index (χ1v) is 8.38. The fourth-order valence-corrected chi connectivity index (χ4v) is 2.76. The first kappa shape index (κ1) is 17.9. The quantitative estimate of drug-likeness (QED) is 0.501. The van der Waals surface area contributed by atoms with Crippen LogP contribution < -0.4 is 10.5 Å². The van der Waals surface area contributed by atoms with E-state index in [9.17, 15) is 8.42 Å². The largest absolute Gasteiger partial charge is 0.398 e. The Kier molecular flexibility index (Phi) is 7.66. The number of hydrogen-bond donors (Lipinski definition) is 2. The normalized spacial score (nSPS) is 11.7. The average Bonchev–Trinajstić information content (AvgIpc) is 2.44. The zero-order valence-corrected chi connectivity index (χ0v) is 13.4. The molecule has 7 heteroatoms. The summed E-state index contributed by atoms with van der Waals surface area (Å²) in [6.45, 7) is 3.95. The highest BCUT2D eigenvalue weighted by molar-refractivity contribution is 7.89. The lowest BCUT2D eigenvalue weighted by atomic mass is 10.2. The molecule has 0 aliphatic rings. The molecule has 0 aliphatic carbocycles. The molecule has 21 heavy (non-hydrogen) atoms. The van der Waals surface area contributed by atoms with Crippen molar-refractivity contribution < 1.29 is 17.9 Å². The molecule has 0 aromatic heterocycles. The van der Waals surface area contributed by atoms with Gasteiger partial charge in [0.2, 0.25) is 10.0 Å². The summed E-state index contributed by atoms with van der Waals surface area (Å²) in [5.74, 6) is 0. The van der Waals surface area contributed by atoms with E-state index >= 15 is 0 Å². The van der Waals surface area contributed by atoms with Gasteiger partial charge in [-0.15, -0.1) is 0 Å². The standard InChI is InChI=1S/C14H24N2O4S/c1-12-5-6-13(11-14(12)15)21(17,18)16-7-3-4-8-20-10-9-19-2/h5-6,11,16H,3-4,7-10,15H2,1-2H3. The summed E-state index contributed by atoms with van der Waals surface area (Å²) in [7, 11) is -1.87. The first-order chi connectivity index (χ1) is 9.97. The fraction of sp³-hybridized carbons (Fsp3) is 0.571. The van der Waals surface area contributed by atoms with E-state index in [1.54, 1.807) is 19.2 Å². The molecule has 1 aromatic rings. The van der Waals surface area contributed by atoms with Crippen LogP contribution in [0.1, 0.15) is 18.4 Å². The summed E-state index contributed by atoms with van der Waals surface area (Å²) in [6, 6.07) is 4.74. The van der Waals surface area contributed by atoms with Crippen molar-refractivity contribution in [2.24, 2.45) is 0 Å². The molecule has 3 N–H and O–H groups in total. The number of benzene rings is 1. The maximum Gasteiger partial charge on any atom is 0.240 e. The molecule has 0 atom stereocenters. The van der Waals surface area contributed by atoms with Gasteiger partial charge in [0.05, 0.1) is 18.1 Å². The summed E-state index contributed by atoms with van der Waals surface area (Å²) in [6.07, 6.45) is 1.51. The van der Waals surface area contributed by atoms with E-state index in [-0.39, 0.29) is 4.90 Å². The Hall–Kier alpha value is -1.15. The van der Waals surface area contributed by atoms with Gasteiger partial charge in [0.15, 0.2) is 0 Å². The van der Waals surface area contributed by atoms with Gasteiger partial charge in [0.25, 0.3) is 0 Å². The second kappa shape index (κ2) is 8.99. The van der Waals surface area contributed by atoms with Crippen molar-refractivity contribution in [1.82, 2.24) is 4.72 Å². The maximum atomic E-state index is 12.1. The van der Waals surface area contributed by atoms with E-state index in [2.05, 4.69) is 4.72 Å². The van der Waals surface area contributed by atoms with Crippen LogP contribution >= 0.6 is 0 Å². The van der Waals surface area contributed by atoms with Crippen LogP contribution in [-0.4, -0.2) is 41.9 Å². The van der Waals surface area contributed by atoms with Crippen molar-refractivity contribution in [3.63, 3.8) is 0 Å². The number of aryl methyl sites for hydroxylation is 1. The summed E-state index contributed by atoms with van der Waals surface area (Å²) in [5.41, 5.74) is 7.07. The van der Waals surface area contributed by atoms with Gasteiger partial charge in [-0.2, -0.15) is 0 Å². The molecule has 0 saturated carbocycles. The predicted molar refractivity (Wildman–Crippen MR) is 82.7 cm³/mol. The Balaban J connectivity index is 2.31. The highest BCUT2D eigenvalue weighted by atomic mass is 32.2. The van der Waals surface area contributed by atoms with Crippen molar-refractivity contribution in [2.75, 3.05) is 39.2 Å². The lowest BCUT2D eigenvalue weighted by Gasteiger charge is -2.08. The van der Waals surface area contributed by atoms with Crippen molar-refractivity contribution >= 4 is 15.7 Å². The second-order valence-corrected chi connectivity index (χ2v) is 6.50. The van der Waals surface area contributed by atoms with Crippen molar-refractivity contribution in [2.45, 2.75) is 24.7 Å². The van der Waals surface area contributed by atoms with Crippen LogP contribution in [0.25, 0.3) is 0 Å². The SMILES string of the molecule is COCCOCCCCNS(=O)(=O)c1ccc(C)c(N)c1. The molecule has 6 nitrogen and oxygen atoms in total. The van der Waals surface area contributed by atoms with E-state index < -0.39 is 10.0 Å². The van der Waals surface area contributed by atoms with Crippen LogP contribution in [0, 0.1) is 6.92 Å². The molecule has 0 saturated heterocycles. The number of nitrogen functional groups attached to an aromatic ring is 1. The fourth-order valence-electron chi connectivity index (χ4n) is 1.65. The first-order valence-electron chi connectivity index (χ1n) is 6.90. The smallest absolute Gasteiger partial charge is 0.240 e. The molecule has 0 heterocycles. The number of rotatable bonds is 10. The molecule has 0 unspecified atom stereocenters. The topological polar surface area (TPSA) is 90.6 Å². The van der Waals surface area contributed by atoms with Crippen molar-refractivity contribution in [3.05, 3.63) is 23.8 Å². The molecule has 0 radical (unpaired) electrons. The number of hydrogen-bond acceptors (Lipinski definition) is 5. The Morgan fingerprint density at radius 1 is 1.19 bits per heavy atom.